The molecule has 2 fully saturated rings. The molecule has 3 heterocycles. The Kier molecular flexibility index (Phi) is 4.14. The van der Waals surface area contributed by atoms with Gasteiger partial charge >= 0.3 is 0 Å². The molecule has 0 radical (unpaired) electrons. The predicted molar refractivity (Wildman–Crippen MR) is 92.8 cm³/mol. The highest BCUT2D eigenvalue weighted by atomic mass is 16.2. The highest BCUT2D eigenvalue weighted by Gasteiger charge is 2.37. The largest absolute Gasteiger partial charge is 0.313 e. The monoisotopic (exact) mass is 334 g/mol. The van der Waals surface area contributed by atoms with Gasteiger partial charge in [-0.3, -0.25) is 14.6 Å². The van der Waals surface area contributed by atoms with Crippen molar-refractivity contribution in [3.63, 3.8) is 0 Å². The summed E-state index contributed by atoms with van der Waals surface area (Å²) in [7, 11) is 0. The number of amides is 1. The summed E-state index contributed by atoms with van der Waals surface area (Å²) in [5.74, 6) is 0.691. The Morgan fingerprint density at radius 2 is 2.12 bits per heavy atom. The van der Waals surface area contributed by atoms with Crippen molar-refractivity contribution in [2.45, 2.75) is 6.04 Å². The summed E-state index contributed by atoms with van der Waals surface area (Å²) in [4.78, 5) is 25.4. The molecule has 0 aliphatic carbocycles. The molecule has 0 unspecified atom stereocenters. The average molecular weight is 334 g/mol. The van der Waals surface area contributed by atoms with E-state index in [0.717, 1.165) is 25.2 Å². The maximum Gasteiger partial charge on any atom is 0.246 e. The molecule has 1 aromatic heterocycles. The lowest BCUT2D eigenvalue weighted by atomic mass is 10.1. The summed E-state index contributed by atoms with van der Waals surface area (Å²) >= 11 is 0. The van der Waals surface area contributed by atoms with Gasteiger partial charge in [-0.2, -0.15) is 5.26 Å². The zero-order chi connectivity index (χ0) is 17.2. The van der Waals surface area contributed by atoms with Gasteiger partial charge in [-0.1, -0.05) is 12.1 Å². The summed E-state index contributed by atoms with van der Waals surface area (Å²) in [6.07, 6.45) is 1.47. The van der Waals surface area contributed by atoms with Gasteiger partial charge in [0.05, 0.1) is 17.3 Å². The van der Waals surface area contributed by atoms with Crippen LogP contribution >= 0.6 is 0 Å². The third-order valence-electron chi connectivity index (χ3n) is 4.73. The number of nitriles is 1. The number of fused-ring (bicyclic) bond motifs is 1. The van der Waals surface area contributed by atoms with Gasteiger partial charge in [0.2, 0.25) is 5.91 Å². The first-order valence-electron chi connectivity index (χ1n) is 8.35. The second kappa shape index (κ2) is 6.59. The summed E-state index contributed by atoms with van der Waals surface area (Å²) in [5, 5.41) is 12.3. The Balaban J connectivity index is 1.63. The van der Waals surface area contributed by atoms with Gasteiger partial charge in [0.15, 0.2) is 0 Å². The van der Waals surface area contributed by atoms with Crippen LogP contribution in [0.25, 0.3) is 11.3 Å². The molecule has 1 amide bonds. The van der Waals surface area contributed by atoms with E-state index in [1.807, 2.05) is 18.2 Å². The van der Waals surface area contributed by atoms with E-state index in [2.05, 4.69) is 26.3 Å². The van der Waals surface area contributed by atoms with Crippen LogP contribution in [0.4, 0.5) is 5.82 Å². The number of hydrogen-bond acceptors (Lipinski definition) is 6. The van der Waals surface area contributed by atoms with Crippen LogP contribution in [0.1, 0.15) is 5.56 Å². The van der Waals surface area contributed by atoms with Crippen molar-refractivity contribution in [3.8, 4) is 17.3 Å². The Bertz CT molecular complexity index is 845. The van der Waals surface area contributed by atoms with E-state index in [1.54, 1.807) is 17.0 Å². The number of piperazine rings is 2. The van der Waals surface area contributed by atoms with Crippen LogP contribution in [-0.4, -0.2) is 59.5 Å². The van der Waals surface area contributed by atoms with Crippen molar-refractivity contribution in [1.29, 1.82) is 5.26 Å². The molecule has 2 aromatic rings. The van der Waals surface area contributed by atoms with E-state index < -0.39 is 0 Å². The zero-order valence-corrected chi connectivity index (χ0v) is 13.7. The van der Waals surface area contributed by atoms with Gasteiger partial charge in [0, 0.05) is 44.4 Å². The predicted octanol–water partition coefficient (Wildman–Crippen LogP) is 0.636. The van der Waals surface area contributed by atoms with Gasteiger partial charge in [-0.15, -0.1) is 0 Å². The number of anilines is 1. The van der Waals surface area contributed by atoms with Crippen LogP contribution in [0.5, 0.6) is 0 Å². The maximum absolute atomic E-state index is 12.8. The number of carbonyl (C=O) groups is 1. The summed E-state index contributed by atoms with van der Waals surface area (Å²) in [6, 6.07) is 11.1. The van der Waals surface area contributed by atoms with E-state index in [9.17, 15) is 4.79 Å². The number of aromatic nitrogens is 2. The first-order chi connectivity index (χ1) is 12.3. The zero-order valence-electron chi connectivity index (χ0n) is 13.7. The van der Waals surface area contributed by atoms with E-state index in [4.69, 9.17) is 5.26 Å². The number of nitrogens with one attached hydrogen (secondary N) is 1. The minimum atomic E-state index is -0.122. The molecule has 1 aromatic carbocycles. The first-order valence-corrected chi connectivity index (χ1v) is 8.35. The molecule has 25 heavy (non-hydrogen) atoms. The summed E-state index contributed by atoms with van der Waals surface area (Å²) < 4.78 is 0. The van der Waals surface area contributed by atoms with Crippen molar-refractivity contribution in [2.24, 2.45) is 0 Å². The molecule has 0 spiro atoms. The topological polar surface area (TPSA) is 85.2 Å². The van der Waals surface area contributed by atoms with E-state index >= 15 is 0 Å². The molecular formula is C18H18N6O. The standard InChI is InChI=1S/C18H18N6O/c19-10-13-2-1-3-14(8-13)15-9-17(22-12-21-15)24-7-6-23-5-4-20-11-16(23)18(24)25/h1-3,8-9,12,16,20H,4-7,11H2/t16-/m1/s1. The fourth-order valence-electron chi connectivity index (χ4n) is 3.40. The lowest BCUT2D eigenvalue weighted by Crippen LogP contribution is -2.64. The van der Waals surface area contributed by atoms with E-state index in [1.165, 1.54) is 6.33 Å². The van der Waals surface area contributed by atoms with Crippen molar-refractivity contribution in [2.75, 3.05) is 37.6 Å². The molecule has 126 valence electrons. The van der Waals surface area contributed by atoms with Crippen molar-refractivity contribution in [1.82, 2.24) is 20.2 Å². The highest BCUT2D eigenvalue weighted by Crippen LogP contribution is 2.24. The maximum atomic E-state index is 12.8. The molecule has 4 rings (SSSR count). The second-order valence-corrected chi connectivity index (χ2v) is 6.20. The molecule has 2 saturated heterocycles. The lowest BCUT2D eigenvalue weighted by Gasteiger charge is -2.42. The molecule has 2 aliphatic heterocycles. The van der Waals surface area contributed by atoms with Gasteiger partial charge < -0.3 is 5.32 Å². The number of carbonyl (C=O) groups excluding carboxylic acids is 1. The first kappa shape index (κ1) is 15.7. The minimum absolute atomic E-state index is 0.0777. The SMILES string of the molecule is N#Cc1cccc(-c2cc(N3CCN4CCNC[C@@H]4C3=O)ncn2)c1. The molecule has 1 N–H and O–H groups in total. The number of benzene rings is 1. The Morgan fingerprint density at radius 3 is 3.00 bits per heavy atom. The third kappa shape index (κ3) is 2.97. The quantitative estimate of drug-likeness (QED) is 0.867. The van der Waals surface area contributed by atoms with Crippen LogP contribution in [0.2, 0.25) is 0 Å². The summed E-state index contributed by atoms with van der Waals surface area (Å²) in [5.41, 5.74) is 2.13. The number of nitrogens with zero attached hydrogens (tertiary/aromatic N) is 5. The molecule has 0 bridgehead atoms. The Hall–Kier alpha value is -2.82. The van der Waals surface area contributed by atoms with E-state index in [-0.39, 0.29) is 11.9 Å². The van der Waals surface area contributed by atoms with Crippen LogP contribution in [0.3, 0.4) is 0 Å². The fourth-order valence-corrected chi connectivity index (χ4v) is 3.40. The van der Waals surface area contributed by atoms with Gasteiger partial charge in [-0.05, 0) is 12.1 Å². The van der Waals surface area contributed by atoms with Crippen molar-refractivity contribution >= 4 is 11.7 Å². The molecular weight excluding hydrogens is 316 g/mol. The molecule has 7 heteroatoms. The van der Waals surface area contributed by atoms with Gasteiger partial charge in [0.25, 0.3) is 0 Å². The second-order valence-electron chi connectivity index (χ2n) is 6.20. The van der Waals surface area contributed by atoms with Gasteiger partial charge in [0.1, 0.15) is 18.2 Å². The lowest BCUT2D eigenvalue weighted by molar-refractivity contribution is -0.126. The summed E-state index contributed by atoms with van der Waals surface area (Å²) in [6.45, 7) is 3.99. The van der Waals surface area contributed by atoms with Crippen LogP contribution in [0, 0.1) is 11.3 Å². The normalized spacial score (nSPS) is 20.8. The molecule has 0 saturated carbocycles. The molecule has 7 nitrogen and oxygen atoms in total. The van der Waals surface area contributed by atoms with Gasteiger partial charge in [-0.25, -0.2) is 9.97 Å². The molecule has 2 aliphatic rings. The minimum Gasteiger partial charge on any atom is -0.313 e. The van der Waals surface area contributed by atoms with Crippen LogP contribution < -0.4 is 10.2 Å². The Morgan fingerprint density at radius 1 is 1.20 bits per heavy atom. The van der Waals surface area contributed by atoms with Crippen molar-refractivity contribution < 1.29 is 4.79 Å². The highest BCUT2D eigenvalue weighted by molar-refractivity contribution is 5.97. The Labute approximate surface area is 145 Å². The van der Waals surface area contributed by atoms with Crippen LogP contribution in [0.15, 0.2) is 36.7 Å². The van der Waals surface area contributed by atoms with Crippen molar-refractivity contribution in [3.05, 3.63) is 42.2 Å². The average Bonchev–Trinajstić information content (AvgIpc) is 2.68. The number of rotatable bonds is 2. The molecule has 1 atom stereocenters. The van der Waals surface area contributed by atoms with E-state index in [0.29, 0.717) is 30.2 Å². The van der Waals surface area contributed by atoms with Crippen LogP contribution in [-0.2, 0) is 4.79 Å². The smallest absolute Gasteiger partial charge is 0.246 e. The fraction of sp³-hybridized carbons (Fsp3) is 0.333. The number of hydrogen-bond donors (Lipinski definition) is 1. The third-order valence-corrected chi connectivity index (χ3v) is 4.73.